The molecule has 24 heavy (non-hydrogen) atoms. The highest BCUT2D eigenvalue weighted by atomic mass is 32.1. The highest BCUT2D eigenvalue weighted by molar-refractivity contribution is 7.14. The molecule has 0 saturated heterocycles. The number of rotatable bonds is 5. The second kappa shape index (κ2) is 7.13. The third kappa shape index (κ3) is 3.48. The number of carbonyl (C=O) groups is 2. The Balaban J connectivity index is 1.62. The Morgan fingerprint density at radius 3 is 2.79 bits per heavy atom. The van der Waals surface area contributed by atoms with E-state index in [9.17, 15) is 9.59 Å². The molecule has 0 aliphatic heterocycles. The van der Waals surface area contributed by atoms with E-state index in [1.807, 2.05) is 37.4 Å². The number of hydrogen-bond acceptors (Lipinski definition) is 4. The van der Waals surface area contributed by atoms with Crippen LogP contribution >= 0.6 is 11.3 Å². The van der Waals surface area contributed by atoms with E-state index in [0.29, 0.717) is 17.2 Å². The first-order chi connectivity index (χ1) is 11.6. The normalized spacial score (nSPS) is 12.8. The van der Waals surface area contributed by atoms with Crippen LogP contribution in [-0.2, 0) is 17.6 Å². The molecular formula is C18H21N3O2S. The molecular weight excluding hydrogens is 322 g/mol. The van der Waals surface area contributed by atoms with Crippen molar-refractivity contribution in [2.24, 2.45) is 0 Å². The average Bonchev–Trinajstić information content (AvgIpc) is 3.21. The number of thiazole rings is 1. The van der Waals surface area contributed by atoms with Gasteiger partial charge < -0.3 is 5.32 Å². The zero-order chi connectivity index (χ0) is 17.1. The van der Waals surface area contributed by atoms with Gasteiger partial charge in [0.05, 0.1) is 12.2 Å². The lowest BCUT2D eigenvalue weighted by Crippen LogP contribution is -2.40. The van der Waals surface area contributed by atoms with Gasteiger partial charge in [-0.25, -0.2) is 4.98 Å². The molecule has 1 aliphatic carbocycles. The summed E-state index contributed by atoms with van der Waals surface area (Å²) < 4.78 is 0. The molecule has 0 unspecified atom stereocenters. The molecule has 5 nitrogen and oxygen atoms in total. The van der Waals surface area contributed by atoms with Crippen LogP contribution in [0.1, 0.15) is 40.5 Å². The molecule has 0 atom stereocenters. The second-order valence-electron chi connectivity index (χ2n) is 5.93. The van der Waals surface area contributed by atoms with Gasteiger partial charge >= 0.3 is 0 Å². The number of aromatic nitrogens is 1. The largest absolute Gasteiger partial charge is 0.343 e. The van der Waals surface area contributed by atoms with Gasteiger partial charge in [0, 0.05) is 17.5 Å². The van der Waals surface area contributed by atoms with Gasteiger partial charge in [-0.15, -0.1) is 11.3 Å². The highest BCUT2D eigenvalue weighted by Crippen LogP contribution is 2.23. The molecule has 126 valence electrons. The third-order valence-electron chi connectivity index (χ3n) is 4.22. The number of benzene rings is 1. The van der Waals surface area contributed by atoms with E-state index < -0.39 is 0 Å². The van der Waals surface area contributed by atoms with E-state index in [1.54, 1.807) is 4.90 Å². The summed E-state index contributed by atoms with van der Waals surface area (Å²) in [7, 11) is 0. The van der Waals surface area contributed by atoms with Gasteiger partial charge in [0.15, 0.2) is 5.13 Å². The van der Waals surface area contributed by atoms with Crippen LogP contribution in [0.3, 0.4) is 0 Å². The van der Waals surface area contributed by atoms with E-state index in [-0.39, 0.29) is 18.4 Å². The summed E-state index contributed by atoms with van der Waals surface area (Å²) in [5, 5.41) is 5.31. The molecule has 0 saturated carbocycles. The monoisotopic (exact) mass is 343 g/mol. The number of likely N-dealkylation sites (N-methyl/N-ethyl adjacent to an activating group) is 1. The predicted octanol–water partition coefficient (Wildman–Crippen LogP) is 2.72. The summed E-state index contributed by atoms with van der Waals surface area (Å²) in [5.41, 5.74) is 4.10. The van der Waals surface area contributed by atoms with Crippen molar-refractivity contribution in [2.45, 2.75) is 33.1 Å². The van der Waals surface area contributed by atoms with Gasteiger partial charge in [-0.05, 0) is 56.4 Å². The van der Waals surface area contributed by atoms with E-state index in [1.165, 1.54) is 22.5 Å². The number of aryl methyl sites for hydroxylation is 3. The zero-order valence-corrected chi connectivity index (χ0v) is 14.8. The Hall–Kier alpha value is -2.21. The van der Waals surface area contributed by atoms with E-state index in [4.69, 9.17) is 0 Å². The van der Waals surface area contributed by atoms with Gasteiger partial charge in [-0.2, -0.15) is 0 Å². The number of anilines is 1. The van der Waals surface area contributed by atoms with E-state index in [2.05, 4.69) is 10.3 Å². The quantitative estimate of drug-likeness (QED) is 0.908. The van der Waals surface area contributed by atoms with Crippen molar-refractivity contribution in [1.29, 1.82) is 0 Å². The Labute approximate surface area is 145 Å². The molecule has 1 aliphatic rings. The van der Waals surface area contributed by atoms with Crippen molar-refractivity contribution in [3.63, 3.8) is 0 Å². The number of nitrogens with one attached hydrogen (secondary N) is 1. The summed E-state index contributed by atoms with van der Waals surface area (Å²) in [4.78, 5) is 30.6. The van der Waals surface area contributed by atoms with Crippen LogP contribution in [0.4, 0.5) is 5.13 Å². The number of hydrogen-bond donors (Lipinski definition) is 1. The lowest BCUT2D eigenvalue weighted by Gasteiger charge is -2.18. The first-order valence-electron chi connectivity index (χ1n) is 8.21. The maximum atomic E-state index is 12.4. The molecule has 0 radical (unpaired) electrons. The predicted molar refractivity (Wildman–Crippen MR) is 95.7 cm³/mol. The van der Waals surface area contributed by atoms with Crippen LogP contribution in [-0.4, -0.2) is 29.9 Å². The molecule has 2 amide bonds. The molecule has 0 spiro atoms. The second-order valence-corrected chi connectivity index (χ2v) is 6.77. The summed E-state index contributed by atoms with van der Waals surface area (Å²) in [6.45, 7) is 4.30. The fourth-order valence-corrected chi connectivity index (χ4v) is 3.83. The van der Waals surface area contributed by atoms with Crippen molar-refractivity contribution in [3.8, 4) is 0 Å². The minimum Gasteiger partial charge on any atom is -0.343 e. The van der Waals surface area contributed by atoms with Gasteiger partial charge in [0.2, 0.25) is 5.91 Å². The lowest BCUT2D eigenvalue weighted by molar-refractivity contribution is -0.117. The number of fused-ring (bicyclic) bond motifs is 1. The first-order valence-corrected chi connectivity index (χ1v) is 9.09. The summed E-state index contributed by atoms with van der Waals surface area (Å²) in [5.74, 6) is -0.356. The summed E-state index contributed by atoms with van der Waals surface area (Å²) in [6.07, 6.45) is 3.27. The fourth-order valence-electron chi connectivity index (χ4n) is 2.95. The van der Waals surface area contributed by atoms with E-state index in [0.717, 1.165) is 25.0 Å². The number of amides is 2. The smallest absolute Gasteiger partial charge is 0.251 e. The molecule has 2 aromatic rings. The number of carbonyl (C=O) groups excluding carboxylic acids is 2. The third-order valence-corrected chi connectivity index (χ3v) is 5.20. The van der Waals surface area contributed by atoms with Crippen LogP contribution in [0, 0.1) is 6.92 Å². The molecule has 1 heterocycles. The van der Waals surface area contributed by atoms with Crippen LogP contribution in [0.2, 0.25) is 0 Å². The van der Waals surface area contributed by atoms with Gasteiger partial charge in [0.25, 0.3) is 5.91 Å². The van der Waals surface area contributed by atoms with Crippen molar-refractivity contribution >= 4 is 28.3 Å². The van der Waals surface area contributed by atoms with Crippen LogP contribution in [0.15, 0.2) is 23.6 Å². The Morgan fingerprint density at radius 1 is 1.29 bits per heavy atom. The van der Waals surface area contributed by atoms with Crippen LogP contribution in [0.5, 0.6) is 0 Å². The SMILES string of the molecule is CCN(C(=O)CNC(=O)c1ccc2c(c1)CCC2)c1nc(C)cs1. The van der Waals surface area contributed by atoms with Gasteiger partial charge in [-0.3, -0.25) is 14.5 Å². The summed E-state index contributed by atoms with van der Waals surface area (Å²) >= 11 is 1.44. The van der Waals surface area contributed by atoms with Crippen molar-refractivity contribution < 1.29 is 9.59 Å². The molecule has 1 aromatic carbocycles. The summed E-state index contributed by atoms with van der Waals surface area (Å²) in [6, 6.07) is 5.81. The first kappa shape index (κ1) is 16.6. The molecule has 0 bridgehead atoms. The van der Waals surface area contributed by atoms with E-state index >= 15 is 0 Å². The lowest BCUT2D eigenvalue weighted by atomic mass is 10.1. The van der Waals surface area contributed by atoms with Crippen molar-refractivity contribution in [2.75, 3.05) is 18.0 Å². The molecule has 3 rings (SSSR count). The molecule has 6 heteroatoms. The Bertz CT molecular complexity index is 769. The highest BCUT2D eigenvalue weighted by Gasteiger charge is 2.19. The minimum absolute atomic E-state index is 0.0254. The molecule has 1 N–H and O–H groups in total. The Morgan fingerprint density at radius 2 is 2.08 bits per heavy atom. The van der Waals surface area contributed by atoms with Crippen molar-refractivity contribution in [1.82, 2.24) is 10.3 Å². The van der Waals surface area contributed by atoms with Crippen LogP contribution < -0.4 is 10.2 Å². The van der Waals surface area contributed by atoms with Gasteiger partial charge in [-0.1, -0.05) is 6.07 Å². The zero-order valence-electron chi connectivity index (χ0n) is 14.0. The van der Waals surface area contributed by atoms with Gasteiger partial charge in [0.1, 0.15) is 0 Å². The Kier molecular flexibility index (Phi) is 4.94. The minimum atomic E-state index is -0.204. The fraction of sp³-hybridized carbons (Fsp3) is 0.389. The van der Waals surface area contributed by atoms with Crippen LogP contribution in [0.25, 0.3) is 0 Å². The average molecular weight is 343 g/mol. The standard InChI is InChI=1S/C18H21N3O2S/c1-3-21(18-20-12(2)11-24-18)16(22)10-19-17(23)15-8-7-13-5-4-6-14(13)9-15/h7-9,11H,3-6,10H2,1-2H3,(H,19,23). The maximum Gasteiger partial charge on any atom is 0.251 e. The number of nitrogens with zero attached hydrogens (tertiary/aromatic N) is 2. The van der Waals surface area contributed by atoms with Crippen molar-refractivity contribution in [3.05, 3.63) is 46.0 Å². The molecule has 0 fully saturated rings. The maximum absolute atomic E-state index is 12.4. The molecule has 1 aromatic heterocycles. The topological polar surface area (TPSA) is 62.3 Å².